The maximum absolute atomic E-state index is 5.32. The van der Waals surface area contributed by atoms with Crippen molar-refractivity contribution in [1.82, 2.24) is 9.78 Å². The lowest BCUT2D eigenvalue weighted by molar-refractivity contribution is 0.701. The predicted molar refractivity (Wildman–Crippen MR) is 43.7 cm³/mol. The van der Waals surface area contributed by atoms with Crippen molar-refractivity contribution in [1.29, 1.82) is 0 Å². The Morgan fingerprint density at radius 3 is 3.00 bits per heavy atom. The molecule has 3 nitrogen and oxygen atoms in total. The molecule has 0 saturated heterocycles. The minimum absolute atomic E-state index is 0.465. The Balaban J connectivity index is 2.74. The van der Waals surface area contributed by atoms with Gasteiger partial charge in [-0.3, -0.25) is 4.68 Å². The first-order valence-electron chi connectivity index (χ1n) is 2.97. The molecule has 4 heteroatoms. The summed E-state index contributed by atoms with van der Waals surface area (Å²) in [7, 11) is 0. The van der Waals surface area contributed by atoms with E-state index in [1.165, 1.54) is 0 Å². The normalized spacial score (nSPS) is 9.70. The molecule has 0 bridgehead atoms. The number of aryl methyl sites for hydroxylation is 1. The first-order chi connectivity index (χ1) is 4.70. The van der Waals surface area contributed by atoms with Crippen LogP contribution in [0, 0.1) is 6.92 Å². The van der Waals surface area contributed by atoms with E-state index < -0.39 is 0 Å². The minimum atomic E-state index is 0.465. The number of hydrogen-bond acceptors (Lipinski definition) is 2. The maximum Gasteiger partial charge on any atom is 0.0946 e. The Kier molecular flexibility index (Phi) is 2.01. The molecule has 1 heterocycles. The Morgan fingerprint density at radius 2 is 2.60 bits per heavy atom. The fourth-order valence-corrected chi connectivity index (χ4v) is 0.834. The second-order valence-electron chi connectivity index (χ2n) is 2.10. The number of rotatable bonds is 2. The highest BCUT2D eigenvalue weighted by Gasteiger charge is 1.96. The fourth-order valence-electron chi connectivity index (χ4n) is 0.712. The zero-order chi connectivity index (χ0) is 7.56. The number of nitrogens with two attached hydrogens (primary N) is 1. The van der Waals surface area contributed by atoms with Gasteiger partial charge < -0.3 is 5.73 Å². The molecule has 1 aromatic rings. The first kappa shape index (κ1) is 7.21. The molecule has 0 saturated carbocycles. The summed E-state index contributed by atoms with van der Waals surface area (Å²) in [5.74, 6) is 0. The molecule has 0 radical (unpaired) electrons. The summed E-state index contributed by atoms with van der Waals surface area (Å²) in [5.41, 5.74) is 6.40. The second-order valence-corrected chi connectivity index (χ2v) is 2.62. The first-order valence-corrected chi connectivity index (χ1v) is 3.37. The Hall–Kier alpha value is -0.900. The molecule has 0 amide bonds. The van der Waals surface area contributed by atoms with Gasteiger partial charge in [-0.15, -0.1) is 0 Å². The van der Waals surface area contributed by atoms with Gasteiger partial charge in [0.05, 0.1) is 11.5 Å². The molecule has 1 aromatic heterocycles. The molecule has 2 N–H and O–H groups in total. The van der Waals surface area contributed by atoms with Crippen LogP contribution in [0.2, 0.25) is 0 Å². The molecule has 0 fully saturated rings. The zero-order valence-corrected chi connectivity index (χ0v) is 6.56. The van der Waals surface area contributed by atoms with Crippen LogP contribution < -0.4 is 5.73 Å². The molecule has 54 valence electrons. The zero-order valence-electron chi connectivity index (χ0n) is 5.74. The smallest absolute Gasteiger partial charge is 0.0946 e. The van der Waals surface area contributed by atoms with Crippen LogP contribution in [0.3, 0.4) is 0 Å². The summed E-state index contributed by atoms with van der Waals surface area (Å²) in [6.45, 7) is 2.50. The van der Waals surface area contributed by atoms with E-state index in [1.807, 2.05) is 13.0 Å². The molecular formula is C6H9N3S. The van der Waals surface area contributed by atoms with Gasteiger partial charge in [0, 0.05) is 11.9 Å². The highest BCUT2D eigenvalue weighted by atomic mass is 32.1. The standard InChI is InChI=1S/C6H9N3S/c1-5-2-3-8-9(5)4-6(7)10/h2-3H,4H2,1H3,(H2,7,10). The Labute approximate surface area is 64.8 Å². The van der Waals surface area contributed by atoms with Crippen molar-refractivity contribution >= 4 is 17.2 Å². The van der Waals surface area contributed by atoms with E-state index in [4.69, 9.17) is 18.0 Å². The number of hydrogen-bond donors (Lipinski definition) is 1. The van der Waals surface area contributed by atoms with Crippen molar-refractivity contribution in [2.45, 2.75) is 13.5 Å². The fraction of sp³-hybridized carbons (Fsp3) is 0.333. The van der Waals surface area contributed by atoms with Crippen LogP contribution in [0.4, 0.5) is 0 Å². The third kappa shape index (κ3) is 1.54. The van der Waals surface area contributed by atoms with Crippen LogP contribution >= 0.6 is 12.2 Å². The highest BCUT2D eigenvalue weighted by Crippen LogP contribution is 1.94. The summed E-state index contributed by atoms with van der Waals surface area (Å²) in [6.07, 6.45) is 1.73. The van der Waals surface area contributed by atoms with Crippen molar-refractivity contribution in [3.63, 3.8) is 0 Å². The van der Waals surface area contributed by atoms with E-state index >= 15 is 0 Å². The summed E-state index contributed by atoms with van der Waals surface area (Å²) in [4.78, 5) is 0.465. The van der Waals surface area contributed by atoms with Crippen LogP contribution in [0.25, 0.3) is 0 Å². The molecule has 0 unspecified atom stereocenters. The van der Waals surface area contributed by atoms with E-state index in [2.05, 4.69) is 5.10 Å². The average Bonchev–Trinajstić information content (AvgIpc) is 2.15. The molecule has 0 aliphatic rings. The van der Waals surface area contributed by atoms with Gasteiger partial charge in [-0.2, -0.15) is 5.10 Å². The minimum Gasteiger partial charge on any atom is -0.392 e. The Morgan fingerprint density at radius 1 is 1.90 bits per heavy atom. The second kappa shape index (κ2) is 2.79. The number of aromatic nitrogens is 2. The summed E-state index contributed by atoms with van der Waals surface area (Å²) in [6, 6.07) is 1.91. The average molecular weight is 155 g/mol. The van der Waals surface area contributed by atoms with Crippen molar-refractivity contribution < 1.29 is 0 Å². The third-order valence-corrected chi connectivity index (χ3v) is 1.36. The van der Waals surface area contributed by atoms with E-state index in [0.717, 1.165) is 5.69 Å². The summed E-state index contributed by atoms with van der Waals surface area (Å²) >= 11 is 4.72. The van der Waals surface area contributed by atoms with Crippen molar-refractivity contribution in [2.75, 3.05) is 0 Å². The van der Waals surface area contributed by atoms with Crippen molar-refractivity contribution in [3.8, 4) is 0 Å². The van der Waals surface area contributed by atoms with Gasteiger partial charge in [0.15, 0.2) is 0 Å². The molecule has 0 spiro atoms. The quantitative estimate of drug-likeness (QED) is 0.632. The monoisotopic (exact) mass is 155 g/mol. The molecule has 10 heavy (non-hydrogen) atoms. The molecular weight excluding hydrogens is 146 g/mol. The van der Waals surface area contributed by atoms with Gasteiger partial charge in [-0.25, -0.2) is 0 Å². The van der Waals surface area contributed by atoms with E-state index in [-0.39, 0.29) is 0 Å². The van der Waals surface area contributed by atoms with Gasteiger partial charge in [-0.05, 0) is 13.0 Å². The molecule has 1 rings (SSSR count). The number of nitrogens with zero attached hydrogens (tertiary/aromatic N) is 2. The van der Waals surface area contributed by atoms with Gasteiger partial charge in [0.2, 0.25) is 0 Å². The van der Waals surface area contributed by atoms with Gasteiger partial charge in [0.25, 0.3) is 0 Å². The van der Waals surface area contributed by atoms with E-state index in [1.54, 1.807) is 10.9 Å². The third-order valence-electron chi connectivity index (χ3n) is 1.23. The van der Waals surface area contributed by atoms with Crippen LogP contribution in [0.1, 0.15) is 5.69 Å². The maximum atomic E-state index is 5.32. The van der Waals surface area contributed by atoms with Crippen molar-refractivity contribution in [3.05, 3.63) is 18.0 Å². The van der Waals surface area contributed by atoms with E-state index in [0.29, 0.717) is 11.5 Å². The van der Waals surface area contributed by atoms with Crippen LogP contribution in [0.15, 0.2) is 12.3 Å². The largest absolute Gasteiger partial charge is 0.392 e. The highest BCUT2D eigenvalue weighted by molar-refractivity contribution is 7.80. The molecule has 0 aromatic carbocycles. The summed E-state index contributed by atoms with van der Waals surface area (Å²) in [5, 5.41) is 4.01. The van der Waals surface area contributed by atoms with E-state index in [9.17, 15) is 0 Å². The summed E-state index contributed by atoms with van der Waals surface area (Å²) < 4.78 is 1.77. The van der Waals surface area contributed by atoms with Crippen molar-refractivity contribution in [2.24, 2.45) is 5.73 Å². The lowest BCUT2D eigenvalue weighted by Crippen LogP contribution is -2.18. The molecule has 0 aliphatic carbocycles. The lowest BCUT2D eigenvalue weighted by atomic mass is 10.5. The van der Waals surface area contributed by atoms with Gasteiger partial charge in [0.1, 0.15) is 0 Å². The van der Waals surface area contributed by atoms with Gasteiger partial charge >= 0.3 is 0 Å². The van der Waals surface area contributed by atoms with Crippen LogP contribution in [0.5, 0.6) is 0 Å². The predicted octanol–water partition coefficient (Wildman–Crippen LogP) is 0.478. The lowest BCUT2D eigenvalue weighted by Gasteiger charge is -2.00. The number of thiocarbonyl (C=S) groups is 1. The SMILES string of the molecule is Cc1ccnn1CC(N)=S. The molecule has 0 aliphatic heterocycles. The van der Waals surface area contributed by atoms with Gasteiger partial charge in [-0.1, -0.05) is 12.2 Å². The molecule has 0 atom stereocenters. The Bertz CT molecular complexity index is 241. The topological polar surface area (TPSA) is 43.8 Å². The van der Waals surface area contributed by atoms with Crippen LogP contribution in [-0.4, -0.2) is 14.8 Å². The van der Waals surface area contributed by atoms with Crippen LogP contribution in [-0.2, 0) is 6.54 Å².